The third-order valence-corrected chi connectivity index (χ3v) is 6.16. The van der Waals surface area contributed by atoms with Gasteiger partial charge in [-0.25, -0.2) is 0 Å². The number of carbonyl (C=O) groups is 1. The molecular formula is C20H28N2O2. The van der Waals surface area contributed by atoms with Gasteiger partial charge in [0, 0.05) is 32.2 Å². The Morgan fingerprint density at radius 1 is 1.12 bits per heavy atom. The van der Waals surface area contributed by atoms with Gasteiger partial charge in [0.15, 0.2) is 0 Å². The molecule has 5 rings (SSSR count). The van der Waals surface area contributed by atoms with Gasteiger partial charge in [-0.15, -0.1) is 0 Å². The maximum atomic E-state index is 12.8. The van der Waals surface area contributed by atoms with Crippen LogP contribution < -0.4 is 0 Å². The fraction of sp³-hybridized carbons (Fsp3) is 0.650. The van der Waals surface area contributed by atoms with Crippen molar-refractivity contribution in [2.45, 2.75) is 44.6 Å². The van der Waals surface area contributed by atoms with Crippen molar-refractivity contribution in [2.24, 2.45) is 11.8 Å². The molecule has 0 radical (unpaired) electrons. The highest BCUT2D eigenvalue weighted by molar-refractivity contribution is 5.79. The van der Waals surface area contributed by atoms with E-state index in [9.17, 15) is 9.90 Å². The maximum Gasteiger partial charge on any atom is 0.227 e. The van der Waals surface area contributed by atoms with Gasteiger partial charge in [-0.3, -0.25) is 9.69 Å². The van der Waals surface area contributed by atoms with E-state index in [0.29, 0.717) is 18.4 Å². The summed E-state index contributed by atoms with van der Waals surface area (Å²) in [5.74, 6) is 1.99. The largest absolute Gasteiger partial charge is 0.508 e. The third kappa shape index (κ3) is 3.44. The van der Waals surface area contributed by atoms with Crippen molar-refractivity contribution >= 4 is 5.91 Å². The predicted octanol–water partition coefficient (Wildman–Crippen LogP) is 2.66. The molecule has 1 saturated carbocycles. The van der Waals surface area contributed by atoms with Crippen LogP contribution in [0.3, 0.4) is 0 Å². The lowest BCUT2D eigenvalue weighted by Gasteiger charge is -2.40. The highest BCUT2D eigenvalue weighted by atomic mass is 16.3. The van der Waals surface area contributed by atoms with Crippen LogP contribution in [0.4, 0.5) is 0 Å². The highest BCUT2D eigenvalue weighted by Gasteiger charge is 2.37. The lowest BCUT2D eigenvalue weighted by molar-refractivity contribution is -0.130. The Morgan fingerprint density at radius 2 is 2.00 bits per heavy atom. The molecule has 1 aliphatic carbocycles. The molecule has 4 aliphatic rings. The minimum absolute atomic E-state index is 0.211. The Balaban J connectivity index is 1.40. The third-order valence-electron chi connectivity index (χ3n) is 6.16. The summed E-state index contributed by atoms with van der Waals surface area (Å²) in [7, 11) is 0. The van der Waals surface area contributed by atoms with Crippen LogP contribution >= 0.6 is 0 Å². The number of piperidine rings is 1. The Bertz CT molecular complexity index is 599. The molecule has 3 heterocycles. The maximum absolute atomic E-state index is 12.8. The van der Waals surface area contributed by atoms with Crippen molar-refractivity contribution in [1.82, 2.24) is 9.80 Å². The molecule has 130 valence electrons. The average molecular weight is 328 g/mol. The van der Waals surface area contributed by atoms with Crippen LogP contribution in [-0.2, 0) is 11.2 Å². The number of hydrogen-bond donors (Lipinski definition) is 1. The van der Waals surface area contributed by atoms with Crippen LogP contribution in [0.25, 0.3) is 0 Å². The summed E-state index contributed by atoms with van der Waals surface area (Å²) in [6, 6.07) is 7.64. The highest BCUT2D eigenvalue weighted by Crippen LogP contribution is 2.33. The first kappa shape index (κ1) is 15.9. The average Bonchev–Trinajstić information content (AvgIpc) is 2.83. The number of benzene rings is 1. The molecule has 1 amide bonds. The number of rotatable bonds is 4. The molecule has 1 aromatic carbocycles. The van der Waals surface area contributed by atoms with Gasteiger partial charge in [-0.05, 0) is 55.2 Å². The lowest BCUT2D eigenvalue weighted by Crippen LogP contribution is -2.47. The van der Waals surface area contributed by atoms with Crippen molar-refractivity contribution in [3.05, 3.63) is 29.8 Å². The number of hydrogen-bond acceptors (Lipinski definition) is 3. The first-order valence-electron chi connectivity index (χ1n) is 9.47. The number of phenolic OH excluding ortho intramolecular Hbond substituents is 1. The summed E-state index contributed by atoms with van der Waals surface area (Å²) in [5, 5.41) is 9.59. The molecule has 1 N–H and O–H groups in total. The molecule has 4 fully saturated rings. The molecule has 4 heteroatoms. The Kier molecular flexibility index (Phi) is 4.49. The normalized spacial score (nSPS) is 27.8. The van der Waals surface area contributed by atoms with Crippen LogP contribution in [0.15, 0.2) is 24.3 Å². The molecule has 3 aliphatic heterocycles. The summed E-state index contributed by atoms with van der Waals surface area (Å²) >= 11 is 0. The first-order valence-corrected chi connectivity index (χ1v) is 9.47. The van der Waals surface area contributed by atoms with Crippen molar-refractivity contribution in [1.29, 1.82) is 0 Å². The molecule has 2 atom stereocenters. The predicted molar refractivity (Wildman–Crippen MR) is 93.8 cm³/mol. The van der Waals surface area contributed by atoms with E-state index in [-0.39, 0.29) is 11.7 Å². The van der Waals surface area contributed by atoms with Gasteiger partial charge < -0.3 is 10.0 Å². The van der Waals surface area contributed by atoms with Gasteiger partial charge in [-0.2, -0.15) is 0 Å². The fourth-order valence-electron chi connectivity index (χ4n) is 4.57. The number of aromatic hydroxyl groups is 1. The topological polar surface area (TPSA) is 43.8 Å². The number of amides is 1. The van der Waals surface area contributed by atoms with Gasteiger partial charge in [0.05, 0.1) is 6.42 Å². The van der Waals surface area contributed by atoms with Gasteiger partial charge in [0.25, 0.3) is 0 Å². The van der Waals surface area contributed by atoms with E-state index in [1.165, 1.54) is 45.2 Å². The van der Waals surface area contributed by atoms with Crippen LogP contribution in [0.5, 0.6) is 5.75 Å². The number of nitrogens with zero attached hydrogens (tertiary/aromatic N) is 2. The molecule has 4 nitrogen and oxygen atoms in total. The molecule has 0 aromatic heterocycles. The molecule has 0 unspecified atom stereocenters. The second-order valence-corrected chi connectivity index (χ2v) is 7.99. The summed E-state index contributed by atoms with van der Waals surface area (Å²) in [4.78, 5) is 17.5. The Hall–Kier alpha value is -1.55. The van der Waals surface area contributed by atoms with Gasteiger partial charge >= 0.3 is 0 Å². The van der Waals surface area contributed by atoms with Gasteiger partial charge in [0.2, 0.25) is 5.91 Å². The molecule has 1 aromatic rings. The van der Waals surface area contributed by atoms with Gasteiger partial charge in [0.1, 0.15) is 5.75 Å². The van der Waals surface area contributed by atoms with Crippen LogP contribution in [-0.4, -0.2) is 53.0 Å². The summed E-state index contributed by atoms with van der Waals surface area (Å²) in [6.45, 7) is 4.23. The zero-order chi connectivity index (χ0) is 16.5. The SMILES string of the molecule is O=C(Cc1cccc(O)c1)N1C[C@H]2CC[C@@H](C1)N(CC1CCC1)C2. The summed E-state index contributed by atoms with van der Waals surface area (Å²) in [5.41, 5.74) is 0.905. The molecule has 0 spiro atoms. The number of carbonyl (C=O) groups excluding carboxylic acids is 1. The number of phenols is 1. The number of fused-ring (bicyclic) bond motifs is 4. The minimum atomic E-state index is 0.211. The van der Waals surface area contributed by atoms with E-state index in [2.05, 4.69) is 9.80 Å². The summed E-state index contributed by atoms with van der Waals surface area (Å²) in [6.07, 6.45) is 7.11. The van der Waals surface area contributed by atoms with Crippen molar-refractivity contribution < 1.29 is 9.90 Å². The van der Waals surface area contributed by atoms with Crippen molar-refractivity contribution in [2.75, 3.05) is 26.2 Å². The quantitative estimate of drug-likeness (QED) is 0.924. The molecule has 3 saturated heterocycles. The molecule has 24 heavy (non-hydrogen) atoms. The van der Waals surface area contributed by atoms with Crippen LogP contribution in [0.1, 0.15) is 37.7 Å². The second-order valence-electron chi connectivity index (χ2n) is 7.99. The monoisotopic (exact) mass is 328 g/mol. The van der Waals surface area contributed by atoms with E-state index in [1.807, 2.05) is 12.1 Å². The molecular weight excluding hydrogens is 300 g/mol. The molecule has 2 bridgehead atoms. The van der Waals surface area contributed by atoms with E-state index in [1.54, 1.807) is 12.1 Å². The first-order chi connectivity index (χ1) is 11.7. The smallest absolute Gasteiger partial charge is 0.227 e. The van der Waals surface area contributed by atoms with E-state index in [4.69, 9.17) is 0 Å². The second kappa shape index (κ2) is 6.75. The lowest BCUT2D eigenvalue weighted by atomic mass is 9.83. The zero-order valence-corrected chi connectivity index (χ0v) is 14.4. The standard InChI is InChI=1S/C20H28N2O2/c23-19-6-2-5-16(9-19)10-20(24)22-13-17-7-8-18(14-22)21(12-17)11-15-3-1-4-15/h2,5-6,9,15,17-18,23H,1,3-4,7-8,10-14H2/t17-,18-/m0/s1. The zero-order valence-electron chi connectivity index (χ0n) is 14.4. The van der Waals surface area contributed by atoms with Crippen molar-refractivity contribution in [3.63, 3.8) is 0 Å². The minimum Gasteiger partial charge on any atom is -0.508 e. The van der Waals surface area contributed by atoms with Crippen LogP contribution in [0, 0.1) is 11.8 Å². The summed E-state index contributed by atoms with van der Waals surface area (Å²) < 4.78 is 0. The van der Waals surface area contributed by atoms with E-state index >= 15 is 0 Å². The van der Waals surface area contributed by atoms with E-state index in [0.717, 1.165) is 24.6 Å². The Morgan fingerprint density at radius 3 is 2.75 bits per heavy atom. The Labute approximate surface area is 144 Å². The van der Waals surface area contributed by atoms with Crippen LogP contribution in [0.2, 0.25) is 0 Å². The fourth-order valence-corrected chi connectivity index (χ4v) is 4.57. The van der Waals surface area contributed by atoms with Crippen molar-refractivity contribution in [3.8, 4) is 5.75 Å². The van der Waals surface area contributed by atoms with Gasteiger partial charge in [-0.1, -0.05) is 18.6 Å². The van der Waals surface area contributed by atoms with E-state index < -0.39 is 0 Å².